The summed E-state index contributed by atoms with van der Waals surface area (Å²) in [5.74, 6) is -5.34. The number of ketones is 2. The highest BCUT2D eigenvalue weighted by Gasteiger charge is 2.41. The molecule has 0 radical (unpaired) electrons. The predicted octanol–water partition coefficient (Wildman–Crippen LogP) is 4.02. The van der Waals surface area contributed by atoms with Crippen molar-refractivity contribution >= 4 is 17.5 Å². The van der Waals surface area contributed by atoms with Crippen LogP contribution in [-0.2, 0) is 19.1 Å². The Morgan fingerprint density at radius 2 is 1.96 bits per heavy atom. The number of hydrogen-bond acceptors (Lipinski definition) is 5. The van der Waals surface area contributed by atoms with Gasteiger partial charge in [0.2, 0.25) is 5.78 Å². The number of carbonyl (C=O) groups is 3. The van der Waals surface area contributed by atoms with Gasteiger partial charge in [-0.2, -0.15) is 8.78 Å². The molecule has 1 saturated carbocycles. The monoisotopic (exact) mass is 402 g/mol. The highest BCUT2D eigenvalue weighted by Crippen LogP contribution is 2.36. The minimum Gasteiger partial charge on any atom is -0.469 e. The lowest BCUT2D eigenvalue weighted by atomic mass is 9.86. The second kappa shape index (κ2) is 12.0. The van der Waals surface area contributed by atoms with E-state index in [9.17, 15) is 28.3 Å². The lowest BCUT2D eigenvalue weighted by Crippen LogP contribution is -2.28. The van der Waals surface area contributed by atoms with E-state index in [0.717, 1.165) is 0 Å². The molecule has 28 heavy (non-hydrogen) atoms. The first kappa shape index (κ1) is 24.4. The van der Waals surface area contributed by atoms with Crippen molar-refractivity contribution in [3.05, 3.63) is 12.2 Å². The number of aliphatic hydroxyl groups is 1. The van der Waals surface area contributed by atoms with Crippen LogP contribution < -0.4 is 0 Å². The summed E-state index contributed by atoms with van der Waals surface area (Å²) in [7, 11) is 1.34. The molecule has 5 nitrogen and oxygen atoms in total. The Hall–Kier alpha value is -1.63. The molecule has 3 atom stereocenters. The normalized spacial score (nSPS) is 22.8. The molecular formula is C21H32F2O5. The largest absolute Gasteiger partial charge is 0.469 e. The van der Waals surface area contributed by atoms with Gasteiger partial charge in [-0.05, 0) is 44.4 Å². The lowest BCUT2D eigenvalue weighted by molar-refractivity contribution is -0.144. The molecule has 0 heterocycles. The molecule has 0 aromatic carbocycles. The number of hydrogen-bond donors (Lipinski definition) is 1. The maximum atomic E-state index is 13.6. The van der Waals surface area contributed by atoms with E-state index in [1.54, 1.807) is 6.92 Å². The fourth-order valence-electron chi connectivity index (χ4n) is 3.67. The smallest absolute Gasteiger partial charge is 0.305 e. The van der Waals surface area contributed by atoms with Gasteiger partial charge in [0, 0.05) is 31.6 Å². The van der Waals surface area contributed by atoms with Gasteiger partial charge in [0.1, 0.15) is 5.78 Å². The molecule has 0 aromatic rings. The zero-order valence-electron chi connectivity index (χ0n) is 16.8. The zero-order chi connectivity index (χ0) is 21.2. The molecule has 1 rings (SSSR count). The number of carbonyl (C=O) groups excluding carboxylic acids is 3. The molecule has 1 aliphatic rings. The number of alkyl halides is 2. The van der Waals surface area contributed by atoms with Crippen LogP contribution >= 0.6 is 0 Å². The summed E-state index contributed by atoms with van der Waals surface area (Å²) in [5, 5.41) is 10.1. The topological polar surface area (TPSA) is 80.7 Å². The van der Waals surface area contributed by atoms with E-state index >= 15 is 0 Å². The van der Waals surface area contributed by atoms with Crippen LogP contribution in [0.15, 0.2) is 12.2 Å². The molecule has 1 fully saturated rings. The Balaban J connectivity index is 2.45. The van der Waals surface area contributed by atoms with Crippen molar-refractivity contribution in [3.8, 4) is 0 Å². The number of unbranched alkanes of at least 4 members (excludes halogenated alkanes) is 1. The van der Waals surface area contributed by atoms with Gasteiger partial charge in [-0.25, -0.2) is 0 Å². The third kappa shape index (κ3) is 7.78. The Morgan fingerprint density at radius 3 is 2.61 bits per heavy atom. The zero-order valence-corrected chi connectivity index (χ0v) is 16.8. The van der Waals surface area contributed by atoms with Crippen LogP contribution in [0.2, 0.25) is 0 Å². The fourth-order valence-corrected chi connectivity index (χ4v) is 3.67. The summed E-state index contributed by atoms with van der Waals surface area (Å²) in [6, 6.07) is 0. The summed E-state index contributed by atoms with van der Waals surface area (Å²) >= 11 is 0. The Kier molecular flexibility index (Phi) is 10.5. The van der Waals surface area contributed by atoms with Gasteiger partial charge >= 0.3 is 11.9 Å². The molecule has 0 aromatic heterocycles. The summed E-state index contributed by atoms with van der Waals surface area (Å²) in [6.45, 7) is 1.60. The highest BCUT2D eigenvalue weighted by atomic mass is 19.3. The third-order valence-electron chi connectivity index (χ3n) is 5.28. The van der Waals surface area contributed by atoms with Crippen molar-refractivity contribution in [1.29, 1.82) is 0 Å². The molecule has 1 N–H and O–H groups in total. The van der Waals surface area contributed by atoms with Crippen LogP contribution in [0, 0.1) is 11.8 Å². The number of rotatable bonds is 13. The lowest BCUT2D eigenvalue weighted by Gasteiger charge is -2.20. The van der Waals surface area contributed by atoms with Crippen molar-refractivity contribution in [2.45, 2.75) is 83.2 Å². The molecule has 0 bridgehead atoms. The maximum absolute atomic E-state index is 13.6. The first-order valence-corrected chi connectivity index (χ1v) is 10.1. The van der Waals surface area contributed by atoms with E-state index in [0.29, 0.717) is 32.1 Å². The molecular weight excluding hydrogens is 370 g/mol. The average molecular weight is 402 g/mol. The predicted molar refractivity (Wildman–Crippen MR) is 101 cm³/mol. The summed E-state index contributed by atoms with van der Waals surface area (Å²) in [4.78, 5) is 34.8. The van der Waals surface area contributed by atoms with Gasteiger partial charge in [0.15, 0.2) is 0 Å². The van der Waals surface area contributed by atoms with Crippen LogP contribution in [0.4, 0.5) is 8.78 Å². The SMILES string of the molecule is CCCC(F)(F)C(=O)CCC[C@H]1C(=O)C[C@H](O)[C@@H]1C/C=C\CCCC(=O)OC. The van der Waals surface area contributed by atoms with Crippen molar-refractivity contribution in [2.24, 2.45) is 11.8 Å². The molecule has 0 amide bonds. The van der Waals surface area contributed by atoms with Crippen LogP contribution in [0.3, 0.4) is 0 Å². The Bertz CT molecular complexity index is 559. The minimum absolute atomic E-state index is 0.0654. The quantitative estimate of drug-likeness (QED) is 0.286. The van der Waals surface area contributed by atoms with Crippen molar-refractivity contribution in [2.75, 3.05) is 7.11 Å². The van der Waals surface area contributed by atoms with Gasteiger partial charge in [-0.1, -0.05) is 19.1 Å². The number of Topliss-reactive ketones (excluding diaryl/α,β-unsaturated/α-hetero) is 2. The van der Waals surface area contributed by atoms with Crippen molar-refractivity contribution in [3.63, 3.8) is 0 Å². The number of ether oxygens (including phenoxy) is 1. The van der Waals surface area contributed by atoms with Crippen LogP contribution in [0.25, 0.3) is 0 Å². The number of halogens is 2. The second-order valence-electron chi connectivity index (χ2n) is 7.45. The van der Waals surface area contributed by atoms with Gasteiger partial charge in [-0.15, -0.1) is 0 Å². The van der Waals surface area contributed by atoms with E-state index in [1.807, 2.05) is 12.2 Å². The second-order valence-corrected chi connectivity index (χ2v) is 7.45. The summed E-state index contributed by atoms with van der Waals surface area (Å²) < 4.78 is 31.7. The molecule has 0 aliphatic heterocycles. The third-order valence-corrected chi connectivity index (χ3v) is 5.28. The van der Waals surface area contributed by atoms with Crippen molar-refractivity contribution < 1.29 is 33.0 Å². The standard InChI is InChI=1S/C21H32F2O5/c1-3-13-21(22,23)19(26)11-8-10-16-15(17(24)14-18(16)25)9-6-4-5-7-12-20(27)28-2/h4,6,15-17,24H,3,5,7-14H2,1-2H3/b6-4-/t15-,16-,17+/m1/s1. The Labute approximate surface area is 165 Å². The number of methoxy groups -OCH3 is 1. The van der Waals surface area contributed by atoms with Gasteiger partial charge < -0.3 is 9.84 Å². The van der Waals surface area contributed by atoms with E-state index in [-0.39, 0.29) is 43.4 Å². The minimum atomic E-state index is -3.29. The highest BCUT2D eigenvalue weighted by molar-refractivity contribution is 5.86. The van der Waals surface area contributed by atoms with Crippen LogP contribution in [-0.4, -0.2) is 41.8 Å². The number of aliphatic hydroxyl groups excluding tert-OH is 1. The molecule has 1 aliphatic carbocycles. The van der Waals surface area contributed by atoms with E-state index in [1.165, 1.54) is 7.11 Å². The molecule has 0 unspecified atom stereocenters. The van der Waals surface area contributed by atoms with E-state index < -0.39 is 30.1 Å². The first-order valence-electron chi connectivity index (χ1n) is 10.1. The van der Waals surface area contributed by atoms with E-state index in [4.69, 9.17) is 0 Å². The van der Waals surface area contributed by atoms with Crippen LogP contribution in [0.1, 0.15) is 71.1 Å². The summed E-state index contributed by atoms with van der Waals surface area (Å²) in [5.41, 5.74) is 0. The fraction of sp³-hybridized carbons (Fsp3) is 0.762. The van der Waals surface area contributed by atoms with E-state index in [2.05, 4.69) is 4.74 Å². The molecule has 7 heteroatoms. The van der Waals surface area contributed by atoms with Crippen LogP contribution in [0.5, 0.6) is 0 Å². The number of allylic oxidation sites excluding steroid dienone is 2. The maximum Gasteiger partial charge on any atom is 0.305 e. The number of esters is 1. The van der Waals surface area contributed by atoms with Gasteiger partial charge in [0.05, 0.1) is 13.2 Å². The Morgan fingerprint density at radius 1 is 1.25 bits per heavy atom. The molecule has 160 valence electrons. The summed E-state index contributed by atoms with van der Waals surface area (Å²) in [6.07, 6.45) is 5.43. The van der Waals surface area contributed by atoms with Gasteiger partial charge in [-0.3, -0.25) is 14.4 Å². The van der Waals surface area contributed by atoms with Crippen molar-refractivity contribution in [1.82, 2.24) is 0 Å². The van der Waals surface area contributed by atoms with Gasteiger partial charge in [0.25, 0.3) is 0 Å². The molecule has 0 spiro atoms. The first-order chi connectivity index (χ1) is 13.2. The molecule has 0 saturated heterocycles. The average Bonchev–Trinajstić information content (AvgIpc) is 2.90.